The number of carbonyl (C=O) groups is 1. The molecule has 1 aromatic heterocycles. The van der Waals surface area contributed by atoms with Gasteiger partial charge in [-0.05, 0) is 31.4 Å². The number of hydrogen-bond acceptors (Lipinski definition) is 5. The number of carboxylic acids is 1. The van der Waals surface area contributed by atoms with Gasteiger partial charge in [-0.3, -0.25) is 4.79 Å². The molecule has 0 radical (unpaired) electrons. The first-order chi connectivity index (χ1) is 10.2. The molecule has 0 amide bonds. The molecule has 1 saturated carbocycles. The summed E-state index contributed by atoms with van der Waals surface area (Å²) in [6, 6.07) is 7.42. The van der Waals surface area contributed by atoms with E-state index in [9.17, 15) is 4.79 Å². The standard InChI is InChI=1S/C15H16N2O4/c1-20-12-4-2-3-9(8-12)13-16-14(21-17-13)10-5-6-11(7-10)15(18)19/h2-4,8,10-11H,5-7H2,1H3,(H,18,19). The lowest BCUT2D eigenvalue weighted by Gasteiger charge is -2.02. The zero-order valence-corrected chi connectivity index (χ0v) is 11.7. The summed E-state index contributed by atoms with van der Waals surface area (Å²) in [5.41, 5.74) is 0.817. The Morgan fingerprint density at radius 3 is 3.00 bits per heavy atom. The van der Waals surface area contributed by atoms with Crippen LogP contribution in [0.25, 0.3) is 11.4 Å². The Bertz CT molecular complexity index is 653. The second-order valence-corrected chi connectivity index (χ2v) is 5.23. The van der Waals surface area contributed by atoms with Crippen LogP contribution in [0.5, 0.6) is 5.75 Å². The van der Waals surface area contributed by atoms with Gasteiger partial charge in [-0.25, -0.2) is 0 Å². The second-order valence-electron chi connectivity index (χ2n) is 5.23. The minimum absolute atomic E-state index is 0.0398. The molecule has 1 fully saturated rings. The molecular formula is C15H16N2O4. The van der Waals surface area contributed by atoms with E-state index in [1.807, 2.05) is 24.3 Å². The van der Waals surface area contributed by atoms with E-state index in [4.69, 9.17) is 14.4 Å². The number of aliphatic carboxylic acids is 1. The molecule has 0 aliphatic heterocycles. The number of nitrogens with zero attached hydrogens (tertiary/aromatic N) is 2. The first-order valence-electron chi connectivity index (χ1n) is 6.88. The van der Waals surface area contributed by atoms with Crippen LogP contribution in [0.3, 0.4) is 0 Å². The molecule has 6 heteroatoms. The van der Waals surface area contributed by atoms with E-state index in [0.29, 0.717) is 24.6 Å². The molecule has 1 heterocycles. The van der Waals surface area contributed by atoms with Gasteiger partial charge >= 0.3 is 5.97 Å². The van der Waals surface area contributed by atoms with Crippen molar-refractivity contribution in [3.05, 3.63) is 30.2 Å². The topological polar surface area (TPSA) is 85.5 Å². The predicted molar refractivity (Wildman–Crippen MR) is 74.0 cm³/mol. The van der Waals surface area contributed by atoms with Crippen LogP contribution in [-0.2, 0) is 4.79 Å². The fourth-order valence-electron chi connectivity index (χ4n) is 2.71. The Labute approximate surface area is 121 Å². The van der Waals surface area contributed by atoms with E-state index >= 15 is 0 Å². The first kappa shape index (κ1) is 13.6. The molecule has 1 aliphatic rings. The number of ether oxygens (including phenoxy) is 1. The highest BCUT2D eigenvalue weighted by molar-refractivity contribution is 5.70. The van der Waals surface area contributed by atoms with E-state index in [1.54, 1.807) is 7.11 Å². The first-order valence-corrected chi connectivity index (χ1v) is 6.88. The van der Waals surface area contributed by atoms with Crippen molar-refractivity contribution in [1.82, 2.24) is 10.1 Å². The van der Waals surface area contributed by atoms with E-state index in [1.165, 1.54) is 0 Å². The lowest BCUT2D eigenvalue weighted by Crippen LogP contribution is -2.09. The third-order valence-electron chi connectivity index (χ3n) is 3.90. The Kier molecular flexibility index (Phi) is 3.60. The van der Waals surface area contributed by atoms with Gasteiger partial charge in [0.15, 0.2) is 0 Å². The second kappa shape index (κ2) is 5.55. The number of hydrogen-bond donors (Lipinski definition) is 1. The summed E-state index contributed by atoms with van der Waals surface area (Å²) in [6.07, 6.45) is 2.00. The summed E-state index contributed by atoms with van der Waals surface area (Å²) < 4.78 is 10.5. The molecule has 1 aromatic carbocycles. The molecule has 0 saturated heterocycles. The lowest BCUT2D eigenvalue weighted by molar-refractivity contribution is -0.141. The minimum atomic E-state index is -0.745. The smallest absolute Gasteiger partial charge is 0.306 e. The van der Waals surface area contributed by atoms with E-state index in [2.05, 4.69) is 10.1 Å². The number of methoxy groups -OCH3 is 1. The fourth-order valence-corrected chi connectivity index (χ4v) is 2.71. The molecular weight excluding hydrogens is 272 g/mol. The van der Waals surface area contributed by atoms with Crippen molar-refractivity contribution in [2.75, 3.05) is 7.11 Å². The molecule has 0 bridgehead atoms. The zero-order valence-electron chi connectivity index (χ0n) is 11.7. The molecule has 6 nitrogen and oxygen atoms in total. The largest absolute Gasteiger partial charge is 0.497 e. The van der Waals surface area contributed by atoms with E-state index in [0.717, 1.165) is 17.7 Å². The zero-order chi connectivity index (χ0) is 14.8. The molecule has 2 atom stereocenters. The Hall–Kier alpha value is -2.37. The third-order valence-corrected chi connectivity index (χ3v) is 3.90. The van der Waals surface area contributed by atoms with Crippen molar-refractivity contribution in [3.63, 3.8) is 0 Å². The predicted octanol–water partition coefficient (Wildman–Crippen LogP) is 2.71. The summed E-state index contributed by atoms with van der Waals surface area (Å²) in [5, 5.41) is 13.0. The number of aromatic nitrogens is 2. The maximum Gasteiger partial charge on any atom is 0.306 e. The van der Waals surface area contributed by atoms with Crippen LogP contribution in [0.4, 0.5) is 0 Å². The summed E-state index contributed by atoms with van der Waals surface area (Å²) >= 11 is 0. The summed E-state index contributed by atoms with van der Waals surface area (Å²) in [4.78, 5) is 15.4. The van der Waals surface area contributed by atoms with Crippen LogP contribution in [0.15, 0.2) is 28.8 Å². The van der Waals surface area contributed by atoms with Gasteiger partial charge in [-0.1, -0.05) is 17.3 Å². The molecule has 1 aliphatic carbocycles. The Balaban J connectivity index is 1.79. The minimum Gasteiger partial charge on any atom is -0.497 e. The molecule has 0 spiro atoms. The third kappa shape index (κ3) is 2.74. The maximum atomic E-state index is 11.0. The van der Waals surface area contributed by atoms with Crippen molar-refractivity contribution in [2.24, 2.45) is 5.92 Å². The number of carboxylic acid groups (broad SMARTS) is 1. The van der Waals surface area contributed by atoms with Gasteiger partial charge in [0.25, 0.3) is 0 Å². The number of rotatable bonds is 4. The maximum absolute atomic E-state index is 11.0. The van der Waals surface area contributed by atoms with Crippen LogP contribution in [0.1, 0.15) is 31.1 Å². The van der Waals surface area contributed by atoms with E-state index < -0.39 is 5.97 Å². The van der Waals surface area contributed by atoms with E-state index in [-0.39, 0.29) is 11.8 Å². The van der Waals surface area contributed by atoms with Gasteiger partial charge in [0.05, 0.1) is 13.0 Å². The van der Waals surface area contributed by atoms with Gasteiger partial charge in [0.1, 0.15) is 5.75 Å². The number of benzene rings is 1. The molecule has 3 rings (SSSR count). The average molecular weight is 288 g/mol. The fraction of sp³-hybridized carbons (Fsp3) is 0.400. The van der Waals surface area contributed by atoms with Gasteiger partial charge in [-0.2, -0.15) is 4.98 Å². The van der Waals surface area contributed by atoms with Gasteiger partial charge < -0.3 is 14.4 Å². The summed E-state index contributed by atoms with van der Waals surface area (Å²) in [6.45, 7) is 0. The highest BCUT2D eigenvalue weighted by atomic mass is 16.5. The SMILES string of the molecule is COc1cccc(-c2noc(C3CCC(C(=O)O)C3)n2)c1. The normalized spacial score (nSPS) is 21.4. The van der Waals surface area contributed by atoms with Crippen molar-refractivity contribution in [1.29, 1.82) is 0 Å². The lowest BCUT2D eigenvalue weighted by atomic mass is 10.1. The van der Waals surface area contributed by atoms with Crippen molar-refractivity contribution in [2.45, 2.75) is 25.2 Å². The molecule has 1 N–H and O–H groups in total. The summed E-state index contributed by atoms with van der Waals surface area (Å²) in [7, 11) is 1.60. The van der Waals surface area contributed by atoms with Gasteiger partial charge in [-0.15, -0.1) is 0 Å². The quantitative estimate of drug-likeness (QED) is 0.931. The monoisotopic (exact) mass is 288 g/mol. The Morgan fingerprint density at radius 2 is 2.29 bits per heavy atom. The van der Waals surface area contributed by atoms with Gasteiger partial charge in [0, 0.05) is 11.5 Å². The van der Waals surface area contributed by atoms with Crippen LogP contribution < -0.4 is 4.74 Å². The van der Waals surface area contributed by atoms with Crippen LogP contribution in [-0.4, -0.2) is 28.3 Å². The molecule has 110 valence electrons. The highest BCUT2D eigenvalue weighted by Crippen LogP contribution is 2.38. The van der Waals surface area contributed by atoms with Crippen molar-refractivity contribution < 1.29 is 19.2 Å². The van der Waals surface area contributed by atoms with Crippen LogP contribution in [0.2, 0.25) is 0 Å². The van der Waals surface area contributed by atoms with Crippen LogP contribution in [0, 0.1) is 5.92 Å². The van der Waals surface area contributed by atoms with Crippen LogP contribution >= 0.6 is 0 Å². The van der Waals surface area contributed by atoms with Crippen molar-refractivity contribution >= 4 is 5.97 Å². The molecule has 2 aromatic rings. The van der Waals surface area contributed by atoms with Gasteiger partial charge in [0.2, 0.25) is 11.7 Å². The average Bonchev–Trinajstić information content (AvgIpc) is 3.16. The van der Waals surface area contributed by atoms with Crippen molar-refractivity contribution in [3.8, 4) is 17.1 Å². The highest BCUT2D eigenvalue weighted by Gasteiger charge is 2.33. The molecule has 2 unspecified atom stereocenters. The Morgan fingerprint density at radius 1 is 1.43 bits per heavy atom. The molecule has 21 heavy (non-hydrogen) atoms. The summed E-state index contributed by atoms with van der Waals surface area (Å²) in [5.74, 6) is 0.745.